The molecule has 0 aromatic heterocycles. The van der Waals surface area contributed by atoms with Crippen LogP contribution in [0.2, 0.25) is 5.02 Å². The molecule has 0 atom stereocenters. The SMILES string of the molecule is OC1(c2c(Cl)cccc2Br)CCCC1. The monoisotopic (exact) mass is 274 g/mol. The van der Waals surface area contributed by atoms with Crippen molar-refractivity contribution in [2.75, 3.05) is 0 Å². The van der Waals surface area contributed by atoms with Gasteiger partial charge >= 0.3 is 0 Å². The molecule has 1 nitrogen and oxygen atoms in total. The van der Waals surface area contributed by atoms with Crippen LogP contribution in [0.15, 0.2) is 22.7 Å². The summed E-state index contributed by atoms with van der Waals surface area (Å²) in [5.74, 6) is 0. The van der Waals surface area contributed by atoms with E-state index < -0.39 is 5.60 Å². The van der Waals surface area contributed by atoms with Gasteiger partial charge in [0.05, 0.1) is 5.60 Å². The molecule has 1 aromatic rings. The molecule has 0 radical (unpaired) electrons. The molecule has 1 fully saturated rings. The molecule has 0 bridgehead atoms. The van der Waals surface area contributed by atoms with Crippen molar-refractivity contribution in [1.82, 2.24) is 0 Å². The van der Waals surface area contributed by atoms with Crippen molar-refractivity contribution in [3.05, 3.63) is 33.3 Å². The van der Waals surface area contributed by atoms with E-state index >= 15 is 0 Å². The first-order chi connectivity index (χ1) is 6.63. The van der Waals surface area contributed by atoms with Crippen LogP contribution in [0.5, 0.6) is 0 Å². The summed E-state index contributed by atoms with van der Waals surface area (Å²) in [6, 6.07) is 5.64. The standard InChI is InChI=1S/C11H12BrClO/c12-8-4-3-5-9(13)10(8)11(14)6-1-2-7-11/h3-5,14H,1-2,6-7H2. The average molecular weight is 276 g/mol. The smallest absolute Gasteiger partial charge is 0.0921 e. The third kappa shape index (κ3) is 1.71. The van der Waals surface area contributed by atoms with Crippen molar-refractivity contribution < 1.29 is 5.11 Å². The van der Waals surface area contributed by atoms with Gasteiger partial charge < -0.3 is 5.11 Å². The lowest BCUT2D eigenvalue weighted by Crippen LogP contribution is -2.21. The largest absolute Gasteiger partial charge is 0.385 e. The van der Waals surface area contributed by atoms with Crippen LogP contribution in [-0.4, -0.2) is 5.11 Å². The van der Waals surface area contributed by atoms with Crippen molar-refractivity contribution in [3.8, 4) is 0 Å². The Balaban J connectivity index is 2.49. The van der Waals surface area contributed by atoms with E-state index in [9.17, 15) is 5.11 Å². The predicted octanol–water partition coefficient (Wildman–Crippen LogP) is 3.86. The molecule has 3 heteroatoms. The van der Waals surface area contributed by atoms with Crippen molar-refractivity contribution >= 4 is 27.5 Å². The van der Waals surface area contributed by atoms with Crippen LogP contribution in [0.1, 0.15) is 31.2 Å². The summed E-state index contributed by atoms with van der Waals surface area (Å²) in [5, 5.41) is 11.1. The minimum Gasteiger partial charge on any atom is -0.385 e. The first kappa shape index (κ1) is 10.5. The number of hydrogen-bond acceptors (Lipinski definition) is 1. The van der Waals surface area contributed by atoms with Crippen LogP contribution in [0, 0.1) is 0 Å². The quantitative estimate of drug-likeness (QED) is 0.825. The van der Waals surface area contributed by atoms with Crippen molar-refractivity contribution in [2.45, 2.75) is 31.3 Å². The van der Waals surface area contributed by atoms with Crippen LogP contribution in [0.25, 0.3) is 0 Å². The number of halogens is 2. The third-order valence-corrected chi connectivity index (χ3v) is 3.83. The lowest BCUT2D eigenvalue weighted by Gasteiger charge is -2.25. The van der Waals surface area contributed by atoms with Gasteiger partial charge in [0.1, 0.15) is 0 Å². The highest BCUT2D eigenvalue weighted by Crippen LogP contribution is 2.44. The molecule has 76 valence electrons. The fourth-order valence-electron chi connectivity index (χ4n) is 2.15. The molecular weight excluding hydrogens is 263 g/mol. The summed E-state index contributed by atoms with van der Waals surface area (Å²) in [7, 11) is 0. The Morgan fingerprint density at radius 3 is 2.50 bits per heavy atom. The molecule has 1 aliphatic carbocycles. The Kier molecular flexibility index (Phi) is 2.87. The van der Waals surface area contributed by atoms with Gasteiger partial charge in [0, 0.05) is 15.1 Å². The molecule has 0 heterocycles. The zero-order chi connectivity index (χ0) is 10.2. The zero-order valence-electron chi connectivity index (χ0n) is 7.76. The minimum atomic E-state index is -0.711. The molecule has 1 aromatic carbocycles. The van der Waals surface area contributed by atoms with E-state index in [4.69, 9.17) is 11.6 Å². The van der Waals surface area contributed by atoms with Gasteiger partial charge in [-0.1, -0.05) is 46.4 Å². The van der Waals surface area contributed by atoms with Gasteiger partial charge in [0.25, 0.3) is 0 Å². The summed E-state index contributed by atoms with van der Waals surface area (Å²) in [4.78, 5) is 0. The second-order valence-electron chi connectivity index (χ2n) is 3.84. The molecule has 1 aliphatic rings. The first-order valence-electron chi connectivity index (χ1n) is 4.80. The molecule has 1 saturated carbocycles. The maximum Gasteiger partial charge on any atom is 0.0921 e. The van der Waals surface area contributed by atoms with Crippen LogP contribution in [0.3, 0.4) is 0 Å². The first-order valence-corrected chi connectivity index (χ1v) is 5.97. The summed E-state index contributed by atoms with van der Waals surface area (Å²) in [6.45, 7) is 0. The van der Waals surface area contributed by atoms with Crippen LogP contribution in [-0.2, 0) is 5.60 Å². The molecule has 0 aliphatic heterocycles. The highest BCUT2D eigenvalue weighted by atomic mass is 79.9. The number of benzene rings is 1. The summed E-state index contributed by atoms with van der Waals surface area (Å²) in [6.07, 6.45) is 3.78. The second kappa shape index (κ2) is 3.84. The molecule has 0 spiro atoms. The molecule has 2 rings (SSSR count). The molecule has 0 saturated heterocycles. The zero-order valence-corrected chi connectivity index (χ0v) is 10.1. The normalized spacial score (nSPS) is 19.9. The minimum absolute atomic E-state index is 0.656. The fraction of sp³-hybridized carbons (Fsp3) is 0.455. The number of rotatable bonds is 1. The van der Waals surface area contributed by atoms with Crippen LogP contribution in [0.4, 0.5) is 0 Å². The van der Waals surface area contributed by atoms with Gasteiger partial charge in [-0.05, 0) is 25.0 Å². The van der Waals surface area contributed by atoms with Crippen molar-refractivity contribution in [3.63, 3.8) is 0 Å². The maximum absolute atomic E-state index is 10.4. The van der Waals surface area contributed by atoms with E-state index in [1.165, 1.54) is 0 Å². The molecule has 0 amide bonds. The Morgan fingerprint density at radius 1 is 1.29 bits per heavy atom. The van der Waals surface area contributed by atoms with E-state index in [0.717, 1.165) is 35.7 Å². The summed E-state index contributed by atoms with van der Waals surface area (Å²) >= 11 is 9.56. The van der Waals surface area contributed by atoms with E-state index in [-0.39, 0.29) is 0 Å². The Bertz CT molecular complexity index is 325. The molecular formula is C11H12BrClO. The molecule has 1 N–H and O–H groups in total. The van der Waals surface area contributed by atoms with Crippen LogP contribution >= 0.6 is 27.5 Å². The predicted molar refractivity (Wildman–Crippen MR) is 61.5 cm³/mol. The molecule has 14 heavy (non-hydrogen) atoms. The van der Waals surface area contributed by atoms with Crippen molar-refractivity contribution in [1.29, 1.82) is 0 Å². The highest BCUT2D eigenvalue weighted by molar-refractivity contribution is 9.10. The Hall–Kier alpha value is -0.0500. The van der Waals surface area contributed by atoms with Gasteiger partial charge in [-0.2, -0.15) is 0 Å². The van der Waals surface area contributed by atoms with Gasteiger partial charge in [-0.15, -0.1) is 0 Å². The fourth-order valence-corrected chi connectivity index (χ4v) is 3.35. The Morgan fingerprint density at radius 2 is 1.93 bits per heavy atom. The van der Waals surface area contributed by atoms with E-state index in [2.05, 4.69) is 15.9 Å². The molecule has 0 unspecified atom stereocenters. The van der Waals surface area contributed by atoms with Crippen molar-refractivity contribution in [2.24, 2.45) is 0 Å². The van der Waals surface area contributed by atoms with Crippen LogP contribution < -0.4 is 0 Å². The number of hydrogen-bond donors (Lipinski definition) is 1. The van der Waals surface area contributed by atoms with Gasteiger partial charge in [-0.25, -0.2) is 0 Å². The summed E-state index contributed by atoms with van der Waals surface area (Å²) < 4.78 is 0.911. The van der Waals surface area contributed by atoms with Gasteiger partial charge in [0.2, 0.25) is 0 Å². The lowest BCUT2D eigenvalue weighted by molar-refractivity contribution is 0.0438. The Labute approximate surface area is 97.2 Å². The average Bonchev–Trinajstić information content (AvgIpc) is 2.52. The lowest BCUT2D eigenvalue weighted by atomic mass is 9.92. The third-order valence-electron chi connectivity index (χ3n) is 2.86. The number of aliphatic hydroxyl groups is 1. The summed E-state index contributed by atoms with van der Waals surface area (Å²) in [5.41, 5.74) is 0.149. The van der Waals surface area contributed by atoms with Gasteiger partial charge in [-0.3, -0.25) is 0 Å². The van der Waals surface area contributed by atoms with E-state index in [1.807, 2.05) is 18.2 Å². The maximum atomic E-state index is 10.4. The van der Waals surface area contributed by atoms with E-state index in [1.54, 1.807) is 0 Å². The topological polar surface area (TPSA) is 20.2 Å². The second-order valence-corrected chi connectivity index (χ2v) is 5.10. The van der Waals surface area contributed by atoms with E-state index in [0.29, 0.717) is 5.02 Å². The van der Waals surface area contributed by atoms with Gasteiger partial charge in [0.15, 0.2) is 0 Å². The highest BCUT2D eigenvalue weighted by Gasteiger charge is 2.36.